The van der Waals surface area contributed by atoms with Gasteiger partial charge in [0.05, 0.1) is 0 Å². The van der Waals surface area contributed by atoms with E-state index in [1.807, 2.05) is 13.8 Å². The molecule has 0 bridgehead atoms. The fraction of sp³-hybridized carbons (Fsp3) is 0.833. The molecule has 0 saturated heterocycles. The van der Waals surface area contributed by atoms with Gasteiger partial charge in [0.15, 0.2) is 0 Å². The Bertz CT molecular complexity index is 179. The van der Waals surface area contributed by atoms with Crippen LogP contribution < -0.4 is 0 Å². The first-order chi connectivity index (χ1) is 5.23. The van der Waals surface area contributed by atoms with Gasteiger partial charge in [0.2, 0.25) is 3.42 Å². The Balaban J connectivity index is 4.48. The van der Waals surface area contributed by atoms with Crippen LogP contribution in [0.5, 0.6) is 0 Å². The summed E-state index contributed by atoms with van der Waals surface area (Å²) in [6.07, 6.45) is -1.32. The minimum Gasteiger partial charge on any atom is -0.450 e. The molecule has 0 aromatic heterocycles. The highest BCUT2D eigenvalue weighted by Gasteiger charge is 2.44. The minimum absolute atomic E-state index is 0.384. The predicted octanol–water partition coefficient (Wildman–Crippen LogP) is 3.55. The topological polar surface area (TPSA) is 46.5 Å². The highest BCUT2D eigenvalue weighted by atomic mass is 79.9. The Morgan fingerprint density at radius 2 is 1.92 bits per heavy atom. The van der Waals surface area contributed by atoms with E-state index >= 15 is 0 Å². The first kappa shape index (κ1) is 12.7. The van der Waals surface area contributed by atoms with Gasteiger partial charge in [0.1, 0.15) is 0 Å². The number of halogens is 3. The Hall–Kier alpha value is 0.710. The van der Waals surface area contributed by atoms with E-state index in [1.54, 1.807) is 0 Å². The summed E-state index contributed by atoms with van der Waals surface area (Å²) in [5.74, 6) is 0. The molecule has 0 atom stereocenters. The molecule has 0 amide bonds. The minimum atomic E-state index is -1.32. The van der Waals surface area contributed by atoms with Crippen molar-refractivity contribution < 1.29 is 14.6 Å². The van der Waals surface area contributed by atoms with Crippen LogP contribution in [-0.4, -0.2) is 20.0 Å². The van der Waals surface area contributed by atoms with E-state index in [-0.39, 0.29) is 5.41 Å². The molecule has 6 heteroatoms. The van der Waals surface area contributed by atoms with Crippen LogP contribution in [0.2, 0.25) is 0 Å². The van der Waals surface area contributed by atoms with Crippen LogP contribution >= 0.6 is 47.8 Å². The molecule has 0 spiro atoms. The summed E-state index contributed by atoms with van der Waals surface area (Å²) in [6.45, 7) is 3.71. The van der Waals surface area contributed by atoms with Gasteiger partial charge in [0.25, 0.3) is 0 Å². The Kier molecular flexibility index (Phi) is 4.54. The molecule has 72 valence electrons. The van der Waals surface area contributed by atoms with Gasteiger partial charge in [-0.1, -0.05) is 29.8 Å². The Morgan fingerprint density at radius 3 is 2.17 bits per heavy atom. The quantitative estimate of drug-likeness (QED) is 0.612. The summed E-state index contributed by atoms with van der Waals surface area (Å²) < 4.78 is 3.56. The van der Waals surface area contributed by atoms with Crippen molar-refractivity contribution in [2.45, 2.75) is 17.3 Å². The van der Waals surface area contributed by atoms with E-state index in [4.69, 9.17) is 5.11 Å². The van der Waals surface area contributed by atoms with Crippen LogP contribution in [0.15, 0.2) is 0 Å². The second-order valence-electron chi connectivity index (χ2n) is 2.90. The number of rotatable bonds is 3. The van der Waals surface area contributed by atoms with Crippen LogP contribution in [0.25, 0.3) is 0 Å². The molecule has 0 unspecified atom stereocenters. The summed E-state index contributed by atoms with van der Waals surface area (Å²) in [5.41, 5.74) is -0.384. The van der Waals surface area contributed by atoms with E-state index < -0.39 is 9.57 Å². The average molecular weight is 369 g/mol. The standard InChI is InChI=1S/C6H9Br3O3/c1-5(2,3-7)6(8,9)12-4(10)11/h3H2,1-2H3,(H,10,11). The van der Waals surface area contributed by atoms with Crippen molar-refractivity contribution >= 4 is 53.9 Å². The molecule has 0 radical (unpaired) electrons. The molecule has 0 fully saturated rings. The van der Waals surface area contributed by atoms with E-state index in [9.17, 15) is 4.79 Å². The maximum Gasteiger partial charge on any atom is 0.507 e. The van der Waals surface area contributed by atoms with Gasteiger partial charge in [-0.25, -0.2) is 4.79 Å². The number of alkyl halides is 3. The van der Waals surface area contributed by atoms with Gasteiger partial charge >= 0.3 is 6.16 Å². The summed E-state index contributed by atoms with van der Waals surface area (Å²) in [4.78, 5) is 10.3. The fourth-order valence-electron chi connectivity index (χ4n) is 0.326. The lowest BCUT2D eigenvalue weighted by Gasteiger charge is -2.34. The monoisotopic (exact) mass is 366 g/mol. The van der Waals surface area contributed by atoms with Gasteiger partial charge in [0, 0.05) is 10.7 Å². The van der Waals surface area contributed by atoms with Gasteiger partial charge < -0.3 is 9.84 Å². The van der Waals surface area contributed by atoms with Crippen molar-refractivity contribution in [2.24, 2.45) is 5.41 Å². The summed E-state index contributed by atoms with van der Waals surface area (Å²) in [7, 11) is 0. The summed E-state index contributed by atoms with van der Waals surface area (Å²) in [5, 5.41) is 9.01. The van der Waals surface area contributed by atoms with Crippen molar-refractivity contribution in [2.75, 3.05) is 5.33 Å². The second-order valence-corrected chi connectivity index (χ2v) is 6.76. The van der Waals surface area contributed by atoms with Crippen molar-refractivity contribution in [3.05, 3.63) is 0 Å². The fourth-order valence-corrected chi connectivity index (χ4v) is 2.03. The zero-order valence-corrected chi connectivity index (χ0v) is 11.4. The number of hydrogen-bond acceptors (Lipinski definition) is 2. The van der Waals surface area contributed by atoms with Crippen LogP contribution in [0.1, 0.15) is 13.8 Å². The number of carboxylic acid groups (broad SMARTS) is 1. The van der Waals surface area contributed by atoms with E-state index in [1.165, 1.54) is 0 Å². The molecular weight excluding hydrogens is 360 g/mol. The smallest absolute Gasteiger partial charge is 0.450 e. The third-order valence-corrected chi connectivity index (χ3v) is 5.21. The van der Waals surface area contributed by atoms with E-state index in [0.29, 0.717) is 5.33 Å². The summed E-state index contributed by atoms with van der Waals surface area (Å²) >= 11 is 9.56. The van der Waals surface area contributed by atoms with Crippen LogP contribution in [-0.2, 0) is 4.74 Å². The third kappa shape index (κ3) is 3.22. The van der Waals surface area contributed by atoms with E-state index in [0.717, 1.165) is 0 Å². The molecule has 0 rings (SSSR count). The molecule has 0 aromatic rings. The zero-order valence-electron chi connectivity index (χ0n) is 6.60. The largest absolute Gasteiger partial charge is 0.507 e. The van der Waals surface area contributed by atoms with E-state index in [2.05, 4.69) is 52.5 Å². The zero-order chi connectivity index (χ0) is 9.99. The molecule has 0 aliphatic carbocycles. The predicted molar refractivity (Wildman–Crippen MR) is 57.3 cm³/mol. The van der Waals surface area contributed by atoms with Crippen LogP contribution in [0.4, 0.5) is 4.79 Å². The second kappa shape index (κ2) is 4.28. The lowest BCUT2D eigenvalue weighted by atomic mass is 9.98. The first-order valence-electron chi connectivity index (χ1n) is 3.08. The van der Waals surface area contributed by atoms with Gasteiger partial charge in [-0.05, 0) is 31.9 Å². The van der Waals surface area contributed by atoms with Crippen LogP contribution in [0.3, 0.4) is 0 Å². The van der Waals surface area contributed by atoms with Gasteiger partial charge in [-0.2, -0.15) is 0 Å². The highest BCUT2D eigenvalue weighted by Crippen LogP contribution is 2.45. The molecular formula is C6H9Br3O3. The molecule has 12 heavy (non-hydrogen) atoms. The van der Waals surface area contributed by atoms with Crippen LogP contribution in [0, 0.1) is 5.41 Å². The van der Waals surface area contributed by atoms with Gasteiger partial charge in [-0.15, -0.1) is 0 Å². The van der Waals surface area contributed by atoms with Gasteiger partial charge in [-0.3, -0.25) is 0 Å². The Labute approximate surface area is 96.2 Å². The maximum absolute atomic E-state index is 10.3. The highest BCUT2D eigenvalue weighted by molar-refractivity contribution is 9.25. The molecule has 3 nitrogen and oxygen atoms in total. The third-order valence-electron chi connectivity index (χ3n) is 1.34. The molecule has 0 aliphatic heterocycles. The summed E-state index contributed by atoms with van der Waals surface area (Å²) in [6, 6.07) is 0. The Morgan fingerprint density at radius 1 is 1.50 bits per heavy atom. The van der Waals surface area contributed by atoms with Crippen molar-refractivity contribution in [3.63, 3.8) is 0 Å². The molecule has 0 saturated carbocycles. The first-order valence-corrected chi connectivity index (χ1v) is 5.79. The number of ether oxygens (including phenoxy) is 1. The van der Waals surface area contributed by atoms with Crippen molar-refractivity contribution in [3.8, 4) is 0 Å². The molecule has 0 aromatic carbocycles. The molecule has 0 aliphatic rings. The van der Waals surface area contributed by atoms with Crippen molar-refractivity contribution in [1.82, 2.24) is 0 Å². The lowest BCUT2D eigenvalue weighted by molar-refractivity contribution is 0.0376. The lowest BCUT2D eigenvalue weighted by Crippen LogP contribution is -2.38. The SMILES string of the molecule is CC(C)(CBr)C(Br)(Br)OC(=O)O. The average Bonchev–Trinajstić information content (AvgIpc) is 1.84. The molecule has 1 N–H and O–H groups in total. The van der Waals surface area contributed by atoms with Crippen molar-refractivity contribution in [1.29, 1.82) is 0 Å². The maximum atomic E-state index is 10.3. The number of carbonyl (C=O) groups is 1. The number of hydrogen-bond donors (Lipinski definition) is 1. The molecule has 0 heterocycles. The normalized spacial score (nSPS) is 12.8.